The summed E-state index contributed by atoms with van der Waals surface area (Å²) in [5.74, 6) is -0.0181. The van der Waals surface area contributed by atoms with E-state index in [-0.39, 0.29) is 19.1 Å². The van der Waals surface area contributed by atoms with Crippen LogP contribution in [0.4, 0.5) is 5.69 Å². The first-order valence-corrected chi connectivity index (χ1v) is 6.07. The van der Waals surface area contributed by atoms with Gasteiger partial charge in [0.05, 0.1) is 19.3 Å². The zero-order chi connectivity index (χ0) is 13.1. The molecule has 1 amide bonds. The van der Waals surface area contributed by atoms with Crippen molar-refractivity contribution >= 4 is 11.6 Å². The van der Waals surface area contributed by atoms with E-state index in [1.54, 1.807) is 4.90 Å². The average molecular weight is 250 g/mol. The molecule has 0 spiro atoms. The maximum Gasteiger partial charge on any atom is 0.227 e. The molecule has 0 bridgehead atoms. The summed E-state index contributed by atoms with van der Waals surface area (Å²) in [4.78, 5) is 13.4. The molecule has 1 aromatic rings. The number of aryl methyl sites for hydroxylation is 1. The van der Waals surface area contributed by atoms with Crippen molar-refractivity contribution in [3.8, 4) is 0 Å². The molecule has 0 aliphatic carbocycles. The number of amides is 1. The Morgan fingerprint density at radius 3 is 2.83 bits per heavy atom. The number of nitrogens with zero attached hydrogens (tertiary/aromatic N) is 1. The highest BCUT2D eigenvalue weighted by Crippen LogP contribution is 2.28. The highest BCUT2D eigenvalue weighted by atomic mass is 16.3. The van der Waals surface area contributed by atoms with Gasteiger partial charge in [-0.15, -0.1) is 0 Å². The van der Waals surface area contributed by atoms with Gasteiger partial charge in [-0.05, 0) is 23.6 Å². The van der Waals surface area contributed by atoms with Crippen molar-refractivity contribution in [1.82, 2.24) is 0 Å². The predicted octanol–water partition coefficient (Wildman–Crippen LogP) is -0.222. The second kappa shape index (κ2) is 5.48. The van der Waals surface area contributed by atoms with Crippen LogP contribution in [0.1, 0.15) is 17.5 Å². The van der Waals surface area contributed by atoms with Crippen LogP contribution in [-0.4, -0.2) is 35.4 Å². The lowest BCUT2D eigenvalue weighted by Gasteiger charge is -2.31. The van der Waals surface area contributed by atoms with Crippen LogP contribution in [0.15, 0.2) is 18.2 Å². The molecule has 0 aromatic heterocycles. The molecule has 1 aliphatic rings. The summed E-state index contributed by atoms with van der Waals surface area (Å²) in [6.07, 6.45) is 0.224. The summed E-state index contributed by atoms with van der Waals surface area (Å²) in [5.41, 5.74) is 8.51. The lowest BCUT2D eigenvalue weighted by molar-refractivity contribution is -0.119. The Balaban J connectivity index is 2.29. The number of hydrogen-bond acceptors (Lipinski definition) is 4. The van der Waals surface area contributed by atoms with Gasteiger partial charge in [-0.1, -0.05) is 12.1 Å². The summed E-state index contributed by atoms with van der Waals surface area (Å²) in [6.45, 7) is 0.255. The smallest absolute Gasteiger partial charge is 0.227 e. The molecular weight excluding hydrogens is 232 g/mol. The Labute approximate surface area is 106 Å². The van der Waals surface area contributed by atoms with Gasteiger partial charge in [-0.2, -0.15) is 0 Å². The van der Waals surface area contributed by atoms with E-state index in [0.29, 0.717) is 19.4 Å². The second-order valence-corrected chi connectivity index (χ2v) is 4.51. The van der Waals surface area contributed by atoms with Crippen LogP contribution in [-0.2, 0) is 17.8 Å². The molecule has 5 heteroatoms. The number of anilines is 1. The number of aliphatic hydroxyl groups excluding tert-OH is 2. The van der Waals surface area contributed by atoms with E-state index in [2.05, 4.69) is 0 Å². The molecule has 98 valence electrons. The molecule has 1 atom stereocenters. The number of aliphatic hydroxyl groups is 2. The maximum absolute atomic E-state index is 11.9. The minimum atomic E-state index is -0.908. The van der Waals surface area contributed by atoms with E-state index < -0.39 is 6.10 Å². The molecule has 5 nitrogen and oxygen atoms in total. The molecule has 0 radical (unpaired) electrons. The fourth-order valence-electron chi connectivity index (χ4n) is 2.21. The lowest BCUT2D eigenvalue weighted by Crippen LogP contribution is -2.41. The van der Waals surface area contributed by atoms with Crippen molar-refractivity contribution in [2.75, 3.05) is 18.1 Å². The quantitative estimate of drug-likeness (QED) is 0.689. The number of fused-ring (bicyclic) bond motifs is 1. The highest BCUT2D eigenvalue weighted by molar-refractivity contribution is 5.96. The molecule has 0 saturated heterocycles. The van der Waals surface area contributed by atoms with Crippen LogP contribution in [0.3, 0.4) is 0 Å². The van der Waals surface area contributed by atoms with Crippen LogP contribution in [0.25, 0.3) is 0 Å². The van der Waals surface area contributed by atoms with Gasteiger partial charge in [0, 0.05) is 18.7 Å². The molecular formula is C13H18N2O3. The Hall–Kier alpha value is -1.43. The lowest BCUT2D eigenvalue weighted by atomic mass is 9.98. The summed E-state index contributed by atoms with van der Waals surface area (Å²) < 4.78 is 0. The van der Waals surface area contributed by atoms with Gasteiger partial charge in [0.2, 0.25) is 5.91 Å². The number of hydrogen-bond donors (Lipinski definition) is 3. The molecule has 18 heavy (non-hydrogen) atoms. The molecule has 2 rings (SSSR count). The Bertz CT molecular complexity index is 448. The van der Waals surface area contributed by atoms with E-state index in [0.717, 1.165) is 16.8 Å². The summed E-state index contributed by atoms with van der Waals surface area (Å²) in [5, 5.41) is 18.4. The van der Waals surface area contributed by atoms with Crippen LogP contribution in [0.2, 0.25) is 0 Å². The van der Waals surface area contributed by atoms with Gasteiger partial charge in [-0.3, -0.25) is 4.79 Å². The van der Waals surface area contributed by atoms with E-state index in [1.807, 2.05) is 18.2 Å². The number of rotatable bonds is 4. The Morgan fingerprint density at radius 1 is 1.39 bits per heavy atom. The number of nitrogens with two attached hydrogens (primary N) is 1. The molecule has 1 aliphatic heterocycles. The summed E-state index contributed by atoms with van der Waals surface area (Å²) >= 11 is 0. The second-order valence-electron chi connectivity index (χ2n) is 4.51. The van der Waals surface area contributed by atoms with Crippen molar-refractivity contribution in [1.29, 1.82) is 0 Å². The minimum Gasteiger partial charge on any atom is -0.394 e. The van der Waals surface area contributed by atoms with Gasteiger partial charge < -0.3 is 20.8 Å². The van der Waals surface area contributed by atoms with Crippen molar-refractivity contribution in [3.05, 3.63) is 29.3 Å². The largest absolute Gasteiger partial charge is 0.394 e. The zero-order valence-electron chi connectivity index (χ0n) is 10.2. The van der Waals surface area contributed by atoms with Crippen LogP contribution in [0.5, 0.6) is 0 Å². The van der Waals surface area contributed by atoms with Gasteiger partial charge in [-0.25, -0.2) is 0 Å². The maximum atomic E-state index is 11.9. The third kappa shape index (κ3) is 2.53. The molecule has 1 aromatic carbocycles. The van der Waals surface area contributed by atoms with Crippen LogP contribution >= 0.6 is 0 Å². The monoisotopic (exact) mass is 250 g/mol. The zero-order valence-corrected chi connectivity index (χ0v) is 10.2. The Kier molecular flexibility index (Phi) is 3.96. The van der Waals surface area contributed by atoms with Gasteiger partial charge in [0.15, 0.2) is 0 Å². The number of carbonyl (C=O) groups is 1. The fourth-order valence-corrected chi connectivity index (χ4v) is 2.21. The van der Waals surface area contributed by atoms with Crippen molar-refractivity contribution in [2.45, 2.75) is 25.5 Å². The van der Waals surface area contributed by atoms with E-state index in [4.69, 9.17) is 10.8 Å². The fraction of sp³-hybridized carbons (Fsp3) is 0.462. The van der Waals surface area contributed by atoms with Gasteiger partial charge >= 0.3 is 0 Å². The first kappa shape index (κ1) is 13.0. The summed E-state index contributed by atoms with van der Waals surface area (Å²) in [6, 6.07) is 5.74. The summed E-state index contributed by atoms with van der Waals surface area (Å²) in [7, 11) is 0. The van der Waals surface area contributed by atoms with E-state index >= 15 is 0 Å². The standard InChI is InChI=1S/C13H18N2O3/c14-6-9-1-3-12-10(5-9)2-4-13(18)15(12)7-11(17)8-16/h1,3,5,11,16-17H,2,4,6-8,14H2. The van der Waals surface area contributed by atoms with Crippen molar-refractivity contribution < 1.29 is 15.0 Å². The van der Waals surface area contributed by atoms with E-state index in [9.17, 15) is 9.90 Å². The minimum absolute atomic E-state index is 0.0181. The normalized spacial score (nSPS) is 16.6. The van der Waals surface area contributed by atoms with Gasteiger partial charge in [0.1, 0.15) is 0 Å². The number of benzene rings is 1. The third-order valence-electron chi connectivity index (χ3n) is 3.18. The van der Waals surface area contributed by atoms with Gasteiger partial charge in [0.25, 0.3) is 0 Å². The van der Waals surface area contributed by atoms with Crippen molar-refractivity contribution in [3.63, 3.8) is 0 Å². The molecule has 1 heterocycles. The van der Waals surface area contributed by atoms with Crippen LogP contribution < -0.4 is 10.6 Å². The number of β-amino-alcohol motifs (C(OH)–C–C–N with tert-alkyl or cyclic N) is 1. The van der Waals surface area contributed by atoms with Crippen molar-refractivity contribution in [2.24, 2.45) is 5.73 Å². The molecule has 0 fully saturated rings. The average Bonchev–Trinajstić information content (AvgIpc) is 2.41. The topological polar surface area (TPSA) is 86.8 Å². The third-order valence-corrected chi connectivity index (χ3v) is 3.18. The first-order valence-electron chi connectivity index (χ1n) is 6.07. The first-order chi connectivity index (χ1) is 8.65. The SMILES string of the molecule is NCc1ccc2c(c1)CCC(=O)N2CC(O)CO. The molecule has 1 unspecified atom stereocenters. The molecule has 4 N–H and O–H groups in total. The highest BCUT2D eigenvalue weighted by Gasteiger charge is 2.25. The van der Waals surface area contributed by atoms with Crippen LogP contribution in [0, 0.1) is 0 Å². The van der Waals surface area contributed by atoms with E-state index in [1.165, 1.54) is 0 Å². The Morgan fingerprint density at radius 2 is 2.17 bits per heavy atom. The number of carbonyl (C=O) groups excluding carboxylic acids is 1. The molecule has 0 saturated carbocycles. The predicted molar refractivity (Wildman–Crippen MR) is 68.1 cm³/mol.